The van der Waals surface area contributed by atoms with Gasteiger partial charge in [0.25, 0.3) is 0 Å². The molecule has 1 aromatic rings. The molecule has 0 spiro atoms. The molecule has 0 fully saturated rings. The topological polar surface area (TPSA) is 34.4 Å². The molecule has 0 aliphatic carbocycles. The van der Waals surface area contributed by atoms with Crippen molar-refractivity contribution in [1.82, 2.24) is 5.32 Å². The van der Waals surface area contributed by atoms with Crippen LogP contribution in [0.1, 0.15) is 30.4 Å². The van der Waals surface area contributed by atoms with Gasteiger partial charge in [0.1, 0.15) is 18.1 Å². The van der Waals surface area contributed by atoms with Crippen LogP contribution >= 0.6 is 0 Å². The first-order valence-corrected chi connectivity index (χ1v) is 5.28. The van der Waals surface area contributed by atoms with E-state index in [1.165, 1.54) is 7.11 Å². The van der Waals surface area contributed by atoms with Crippen molar-refractivity contribution in [3.63, 3.8) is 0 Å². The van der Waals surface area contributed by atoms with Crippen molar-refractivity contribution in [2.75, 3.05) is 14.2 Å². The molecule has 1 N–H and O–H groups in total. The third-order valence-corrected chi connectivity index (χ3v) is 2.38. The Hall–Kier alpha value is -1.01. The highest BCUT2D eigenvalue weighted by Gasteiger charge is 2.29. The molecule has 0 saturated heterocycles. The summed E-state index contributed by atoms with van der Waals surface area (Å²) in [4.78, 5) is 0. The van der Waals surface area contributed by atoms with E-state index in [2.05, 4.69) is 5.32 Å². The number of halogens is 3. The Morgan fingerprint density at radius 1 is 1.41 bits per heavy atom. The largest absolute Gasteiger partial charge is 0.462 e. The number of hydrogen-bond donors (Lipinski definition) is 1. The van der Waals surface area contributed by atoms with Crippen molar-refractivity contribution in [2.45, 2.75) is 31.7 Å². The summed E-state index contributed by atoms with van der Waals surface area (Å²) in [5, 5.41) is 2.81. The summed E-state index contributed by atoms with van der Waals surface area (Å²) in [6.07, 6.45) is -5.02. The van der Waals surface area contributed by atoms with Crippen molar-refractivity contribution in [2.24, 2.45) is 0 Å². The highest BCUT2D eigenvalue weighted by atomic mass is 19.4. The lowest BCUT2D eigenvalue weighted by molar-refractivity contribution is -0.136. The van der Waals surface area contributed by atoms with Crippen LogP contribution in [0.2, 0.25) is 0 Å². The van der Waals surface area contributed by atoms with Gasteiger partial charge in [-0.1, -0.05) is 0 Å². The second-order valence-electron chi connectivity index (χ2n) is 3.73. The minimum atomic E-state index is -4.14. The first kappa shape index (κ1) is 14.1. The van der Waals surface area contributed by atoms with Crippen molar-refractivity contribution in [3.05, 3.63) is 23.7 Å². The standard InChI is InChI=1S/C11H16F3NO2/c1-15-9(5-6-11(12,13)14)10-4-3-8(17-10)7-16-2/h3-4,9,15H,5-7H2,1-2H3. The molecule has 17 heavy (non-hydrogen) atoms. The Morgan fingerprint density at radius 3 is 2.65 bits per heavy atom. The predicted molar refractivity (Wildman–Crippen MR) is 56.5 cm³/mol. The zero-order valence-corrected chi connectivity index (χ0v) is 9.80. The van der Waals surface area contributed by atoms with Crippen LogP contribution in [-0.2, 0) is 11.3 Å². The first-order valence-electron chi connectivity index (χ1n) is 5.28. The quantitative estimate of drug-likeness (QED) is 0.843. The molecule has 1 aromatic heterocycles. The van der Waals surface area contributed by atoms with Crippen LogP contribution in [0.4, 0.5) is 13.2 Å². The van der Waals surface area contributed by atoms with Gasteiger partial charge in [0.05, 0.1) is 6.04 Å². The zero-order chi connectivity index (χ0) is 12.9. The number of alkyl halides is 3. The summed E-state index contributed by atoms with van der Waals surface area (Å²) in [5.74, 6) is 1.11. The summed E-state index contributed by atoms with van der Waals surface area (Å²) in [6.45, 7) is 0.315. The van der Waals surface area contributed by atoms with Gasteiger partial charge in [-0.2, -0.15) is 13.2 Å². The lowest BCUT2D eigenvalue weighted by Gasteiger charge is -2.14. The fourth-order valence-corrected chi connectivity index (χ4v) is 1.54. The summed E-state index contributed by atoms with van der Waals surface area (Å²) < 4.78 is 46.6. The van der Waals surface area contributed by atoms with Gasteiger partial charge in [0.15, 0.2) is 0 Å². The molecule has 0 saturated carbocycles. The van der Waals surface area contributed by atoms with E-state index >= 15 is 0 Å². The summed E-state index contributed by atoms with van der Waals surface area (Å²) in [5.41, 5.74) is 0. The van der Waals surface area contributed by atoms with Gasteiger partial charge in [-0.25, -0.2) is 0 Å². The molecule has 1 atom stereocenters. The maximum Gasteiger partial charge on any atom is 0.389 e. The smallest absolute Gasteiger partial charge is 0.389 e. The maximum absolute atomic E-state index is 12.1. The highest BCUT2D eigenvalue weighted by Crippen LogP contribution is 2.28. The molecule has 0 amide bonds. The number of ether oxygens (including phenoxy) is 1. The Bertz CT molecular complexity index is 336. The van der Waals surface area contributed by atoms with Gasteiger partial charge in [-0.15, -0.1) is 0 Å². The third kappa shape index (κ3) is 4.79. The summed E-state index contributed by atoms with van der Waals surface area (Å²) in [6, 6.07) is 2.95. The molecule has 0 aliphatic heterocycles. The fourth-order valence-electron chi connectivity index (χ4n) is 1.54. The van der Waals surface area contributed by atoms with Crippen LogP contribution in [0.5, 0.6) is 0 Å². The van der Waals surface area contributed by atoms with Crippen LogP contribution in [0, 0.1) is 0 Å². The van der Waals surface area contributed by atoms with Crippen molar-refractivity contribution in [1.29, 1.82) is 0 Å². The van der Waals surface area contributed by atoms with E-state index in [0.29, 0.717) is 18.1 Å². The van der Waals surface area contributed by atoms with Crippen LogP contribution < -0.4 is 5.32 Å². The minimum Gasteiger partial charge on any atom is -0.462 e. The number of nitrogens with one attached hydrogen (secondary N) is 1. The van der Waals surface area contributed by atoms with Crippen molar-refractivity contribution < 1.29 is 22.3 Å². The van der Waals surface area contributed by atoms with E-state index in [1.54, 1.807) is 19.2 Å². The first-order chi connectivity index (χ1) is 7.96. The second-order valence-corrected chi connectivity index (χ2v) is 3.73. The Kier molecular flexibility index (Phi) is 5.02. The zero-order valence-electron chi connectivity index (χ0n) is 9.80. The Balaban J connectivity index is 2.59. The predicted octanol–water partition coefficient (Wildman–Crippen LogP) is 3.03. The van der Waals surface area contributed by atoms with Gasteiger partial charge in [-0.3, -0.25) is 0 Å². The monoisotopic (exact) mass is 251 g/mol. The maximum atomic E-state index is 12.1. The lowest BCUT2D eigenvalue weighted by atomic mass is 10.1. The average molecular weight is 251 g/mol. The molecular weight excluding hydrogens is 235 g/mol. The lowest BCUT2D eigenvalue weighted by Crippen LogP contribution is -2.19. The SMILES string of the molecule is CNC(CCC(F)(F)F)c1ccc(COC)o1. The van der Waals surface area contributed by atoms with Crippen molar-refractivity contribution in [3.8, 4) is 0 Å². The molecule has 1 rings (SSSR count). The molecule has 0 bridgehead atoms. The van der Waals surface area contributed by atoms with E-state index in [4.69, 9.17) is 9.15 Å². The van der Waals surface area contributed by atoms with E-state index in [-0.39, 0.29) is 6.42 Å². The molecule has 98 valence electrons. The van der Waals surface area contributed by atoms with Crippen LogP contribution in [0.3, 0.4) is 0 Å². The van der Waals surface area contributed by atoms with Crippen LogP contribution in [0.25, 0.3) is 0 Å². The summed E-state index contributed by atoms with van der Waals surface area (Å²) >= 11 is 0. The van der Waals surface area contributed by atoms with Gasteiger partial charge in [0, 0.05) is 13.5 Å². The molecule has 0 aromatic carbocycles. The minimum absolute atomic E-state index is 0.0417. The fraction of sp³-hybridized carbons (Fsp3) is 0.636. The van der Waals surface area contributed by atoms with E-state index in [9.17, 15) is 13.2 Å². The summed E-state index contributed by atoms with van der Waals surface area (Å²) in [7, 11) is 3.14. The number of hydrogen-bond acceptors (Lipinski definition) is 3. The number of furan rings is 1. The van der Waals surface area contributed by atoms with E-state index in [0.717, 1.165) is 0 Å². The molecule has 3 nitrogen and oxygen atoms in total. The van der Waals surface area contributed by atoms with E-state index in [1.807, 2.05) is 0 Å². The third-order valence-electron chi connectivity index (χ3n) is 2.38. The normalized spacial score (nSPS) is 13.9. The molecule has 0 radical (unpaired) electrons. The van der Waals surface area contributed by atoms with Crippen LogP contribution in [0.15, 0.2) is 16.5 Å². The second kappa shape index (κ2) is 6.07. The number of methoxy groups -OCH3 is 1. The van der Waals surface area contributed by atoms with Gasteiger partial charge in [0.2, 0.25) is 0 Å². The average Bonchev–Trinajstić information content (AvgIpc) is 2.66. The van der Waals surface area contributed by atoms with Gasteiger partial charge in [-0.05, 0) is 25.6 Å². The molecule has 0 aliphatic rings. The van der Waals surface area contributed by atoms with Crippen LogP contribution in [-0.4, -0.2) is 20.3 Å². The van der Waals surface area contributed by atoms with Gasteiger partial charge >= 0.3 is 6.18 Å². The van der Waals surface area contributed by atoms with Gasteiger partial charge < -0.3 is 14.5 Å². The molecule has 6 heteroatoms. The highest BCUT2D eigenvalue weighted by molar-refractivity contribution is 5.10. The Morgan fingerprint density at radius 2 is 2.12 bits per heavy atom. The molecule has 1 unspecified atom stereocenters. The number of rotatable bonds is 6. The molecule has 1 heterocycles. The van der Waals surface area contributed by atoms with E-state index < -0.39 is 18.6 Å². The van der Waals surface area contributed by atoms with Crippen molar-refractivity contribution >= 4 is 0 Å². The Labute approximate surface area is 97.9 Å². The molecular formula is C11H16F3NO2.